The van der Waals surface area contributed by atoms with Crippen LogP contribution >= 0.6 is 0 Å². The van der Waals surface area contributed by atoms with Crippen molar-refractivity contribution < 1.29 is 14.0 Å². The minimum atomic E-state index is -0.255. The van der Waals surface area contributed by atoms with Gasteiger partial charge in [-0.25, -0.2) is 4.39 Å². The number of benzene rings is 2. The minimum Gasteiger partial charge on any atom is -0.378 e. The van der Waals surface area contributed by atoms with Gasteiger partial charge in [-0.15, -0.1) is 0 Å². The molecular weight excluding hydrogens is 369 g/mol. The molecular formula is C23H26FN3O2. The largest absolute Gasteiger partial charge is 0.378 e. The molecule has 2 aliphatic rings. The molecule has 0 N–H and O–H groups in total. The van der Waals surface area contributed by atoms with Crippen LogP contribution in [0.2, 0.25) is 0 Å². The summed E-state index contributed by atoms with van der Waals surface area (Å²) in [5.74, 6) is 0.0858. The maximum absolute atomic E-state index is 13.1. The van der Waals surface area contributed by atoms with Crippen molar-refractivity contribution in [2.24, 2.45) is 5.92 Å². The maximum Gasteiger partial charge on any atom is 0.254 e. The molecule has 2 aromatic rings. The van der Waals surface area contributed by atoms with Crippen molar-refractivity contribution in [2.45, 2.75) is 12.3 Å². The van der Waals surface area contributed by atoms with E-state index in [2.05, 4.69) is 0 Å². The van der Waals surface area contributed by atoms with E-state index in [-0.39, 0.29) is 29.5 Å². The molecule has 2 amide bonds. The van der Waals surface area contributed by atoms with Crippen molar-refractivity contribution in [1.82, 2.24) is 9.80 Å². The third-order valence-corrected chi connectivity index (χ3v) is 5.89. The number of amides is 2. The van der Waals surface area contributed by atoms with Gasteiger partial charge in [-0.05, 0) is 48.2 Å². The van der Waals surface area contributed by atoms with Crippen LogP contribution in [-0.2, 0) is 4.79 Å². The van der Waals surface area contributed by atoms with E-state index in [9.17, 15) is 14.0 Å². The Labute approximate surface area is 170 Å². The Bertz CT molecular complexity index is 905. The summed E-state index contributed by atoms with van der Waals surface area (Å²) >= 11 is 0. The van der Waals surface area contributed by atoms with Gasteiger partial charge in [0.2, 0.25) is 5.91 Å². The summed E-state index contributed by atoms with van der Waals surface area (Å²) in [6, 6.07) is 14.0. The second-order valence-corrected chi connectivity index (χ2v) is 8.06. The Morgan fingerprint density at radius 1 is 0.966 bits per heavy atom. The van der Waals surface area contributed by atoms with Gasteiger partial charge < -0.3 is 14.7 Å². The highest BCUT2D eigenvalue weighted by Crippen LogP contribution is 2.48. The number of carbonyl (C=O) groups excluding carboxylic acids is 2. The Morgan fingerprint density at radius 3 is 2.28 bits per heavy atom. The fourth-order valence-electron chi connectivity index (χ4n) is 4.01. The van der Waals surface area contributed by atoms with E-state index in [0.717, 1.165) is 17.7 Å². The van der Waals surface area contributed by atoms with Crippen LogP contribution in [0, 0.1) is 11.7 Å². The average Bonchev–Trinajstić information content (AvgIpc) is 3.54. The van der Waals surface area contributed by atoms with Gasteiger partial charge >= 0.3 is 0 Å². The van der Waals surface area contributed by atoms with Crippen molar-refractivity contribution in [2.75, 3.05) is 45.2 Å². The number of carbonyl (C=O) groups is 2. The molecule has 4 rings (SSSR count). The Hall–Kier alpha value is -2.89. The van der Waals surface area contributed by atoms with Gasteiger partial charge in [0, 0.05) is 57.4 Å². The summed E-state index contributed by atoms with van der Waals surface area (Å²) < 4.78 is 13.1. The standard InChI is InChI=1S/C23H26FN3O2/c1-25(2)19-5-3-4-17(14-19)22(28)26-10-12-27(13-11-26)23(29)21-15-20(21)16-6-8-18(24)9-7-16/h3-9,14,20-21H,10-13,15H2,1-2H3/t20-,21-/m1/s1. The number of piperazine rings is 1. The second-order valence-electron chi connectivity index (χ2n) is 8.06. The lowest BCUT2D eigenvalue weighted by molar-refractivity contribution is -0.134. The van der Waals surface area contributed by atoms with Crippen molar-refractivity contribution in [1.29, 1.82) is 0 Å². The second kappa shape index (κ2) is 7.85. The topological polar surface area (TPSA) is 43.9 Å². The van der Waals surface area contributed by atoms with Crippen molar-refractivity contribution in [3.05, 3.63) is 65.5 Å². The first-order valence-electron chi connectivity index (χ1n) is 10.0. The predicted molar refractivity (Wildman–Crippen MR) is 111 cm³/mol. The molecule has 1 aliphatic heterocycles. The van der Waals surface area contributed by atoms with Gasteiger partial charge in [0.15, 0.2) is 0 Å². The smallest absolute Gasteiger partial charge is 0.254 e. The lowest BCUT2D eigenvalue weighted by Crippen LogP contribution is -2.51. The van der Waals surface area contributed by atoms with Gasteiger partial charge in [-0.1, -0.05) is 18.2 Å². The molecule has 152 valence electrons. The maximum atomic E-state index is 13.1. The first-order valence-corrected chi connectivity index (χ1v) is 10.0. The van der Waals surface area contributed by atoms with E-state index in [1.807, 2.05) is 53.1 Å². The summed E-state index contributed by atoms with van der Waals surface area (Å²) in [6.07, 6.45) is 0.820. The molecule has 1 aliphatic carbocycles. The van der Waals surface area contributed by atoms with Gasteiger partial charge in [-0.2, -0.15) is 0 Å². The van der Waals surface area contributed by atoms with Crippen LogP contribution in [0.15, 0.2) is 48.5 Å². The summed E-state index contributed by atoms with van der Waals surface area (Å²) in [5, 5.41) is 0. The highest BCUT2D eigenvalue weighted by molar-refractivity contribution is 5.95. The SMILES string of the molecule is CN(C)c1cccc(C(=O)N2CCN(C(=O)[C@@H]3C[C@@H]3c3ccc(F)cc3)CC2)c1. The summed E-state index contributed by atoms with van der Waals surface area (Å²) in [7, 11) is 3.90. The molecule has 6 heteroatoms. The molecule has 29 heavy (non-hydrogen) atoms. The molecule has 1 heterocycles. The Kier molecular flexibility index (Phi) is 5.26. The molecule has 1 saturated heterocycles. The van der Waals surface area contributed by atoms with Crippen molar-refractivity contribution >= 4 is 17.5 Å². The highest BCUT2D eigenvalue weighted by Gasteiger charge is 2.46. The monoisotopic (exact) mass is 395 g/mol. The molecule has 0 bridgehead atoms. The van der Waals surface area contributed by atoms with Crippen LogP contribution in [0.25, 0.3) is 0 Å². The zero-order chi connectivity index (χ0) is 20.5. The Balaban J connectivity index is 1.32. The predicted octanol–water partition coefficient (Wildman–Crippen LogP) is 2.98. The first kappa shape index (κ1) is 19.4. The Morgan fingerprint density at radius 2 is 1.62 bits per heavy atom. The highest BCUT2D eigenvalue weighted by atomic mass is 19.1. The summed E-state index contributed by atoms with van der Waals surface area (Å²) in [6.45, 7) is 2.21. The van der Waals surface area contributed by atoms with E-state index < -0.39 is 0 Å². The molecule has 2 aromatic carbocycles. The fraction of sp³-hybridized carbons (Fsp3) is 0.391. The van der Waals surface area contributed by atoms with Crippen LogP contribution in [0.5, 0.6) is 0 Å². The van der Waals surface area contributed by atoms with Crippen LogP contribution in [0.1, 0.15) is 28.3 Å². The first-order chi connectivity index (χ1) is 13.9. The molecule has 2 fully saturated rings. The molecule has 0 aromatic heterocycles. The van der Waals surface area contributed by atoms with Crippen LogP contribution in [-0.4, -0.2) is 61.9 Å². The third-order valence-electron chi connectivity index (χ3n) is 5.89. The van der Waals surface area contributed by atoms with Gasteiger partial charge in [0.05, 0.1) is 0 Å². The van der Waals surface area contributed by atoms with E-state index in [0.29, 0.717) is 31.7 Å². The molecule has 0 unspecified atom stereocenters. The van der Waals surface area contributed by atoms with Crippen molar-refractivity contribution in [3.8, 4) is 0 Å². The van der Waals surface area contributed by atoms with E-state index in [4.69, 9.17) is 0 Å². The number of nitrogens with zero attached hydrogens (tertiary/aromatic N) is 3. The molecule has 0 spiro atoms. The molecule has 5 nitrogen and oxygen atoms in total. The van der Waals surface area contributed by atoms with Crippen molar-refractivity contribution in [3.63, 3.8) is 0 Å². The summed E-state index contributed by atoms with van der Waals surface area (Å²) in [4.78, 5) is 31.3. The van der Waals surface area contributed by atoms with Crippen LogP contribution in [0.4, 0.5) is 10.1 Å². The molecule has 2 atom stereocenters. The number of rotatable bonds is 4. The zero-order valence-electron chi connectivity index (χ0n) is 16.8. The van der Waals surface area contributed by atoms with Crippen LogP contribution in [0.3, 0.4) is 0 Å². The minimum absolute atomic E-state index is 0.0106. The average molecular weight is 395 g/mol. The molecule has 1 saturated carbocycles. The van der Waals surface area contributed by atoms with E-state index >= 15 is 0 Å². The third kappa shape index (κ3) is 4.11. The van der Waals surface area contributed by atoms with Gasteiger partial charge in [0.25, 0.3) is 5.91 Å². The quantitative estimate of drug-likeness (QED) is 0.800. The summed E-state index contributed by atoms with van der Waals surface area (Å²) in [5.41, 5.74) is 2.69. The molecule has 0 radical (unpaired) electrons. The van der Waals surface area contributed by atoms with E-state index in [1.165, 1.54) is 12.1 Å². The number of halogens is 1. The lowest BCUT2D eigenvalue weighted by atomic mass is 10.1. The fourth-order valence-corrected chi connectivity index (χ4v) is 4.01. The van der Waals surface area contributed by atoms with E-state index in [1.54, 1.807) is 12.1 Å². The lowest BCUT2D eigenvalue weighted by Gasteiger charge is -2.35. The number of anilines is 1. The van der Waals surface area contributed by atoms with Crippen LogP contribution < -0.4 is 4.90 Å². The van der Waals surface area contributed by atoms with Gasteiger partial charge in [0.1, 0.15) is 5.82 Å². The number of hydrogen-bond donors (Lipinski definition) is 0. The van der Waals surface area contributed by atoms with Gasteiger partial charge in [-0.3, -0.25) is 9.59 Å². The number of hydrogen-bond acceptors (Lipinski definition) is 3. The normalized spacial score (nSPS) is 21.1. The zero-order valence-corrected chi connectivity index (χ0v) is 16.8.